The zero-order chi connectivity index (χ0) is 33.8. The lowest BCUT2D eigenvalue weighted by molar-refractivity contribution is -0.0349. The summed E-state index contributed by atoms with van der Waals surface area (Å²) in [4.78, 5) is 45.0. The molecule has 3 fully saturated rings. The highest BCUT2D eigenvalue weighted by Gasteiger charge is 2.54. The number of amides is 2. The quantitative estimate of drug-likeness (QED) is 0.342. The third kappa shape index (κ3) is 6.23. The van der Waals surface area contributed by atoms with E-state index < -0.39 is 11.4 Å². The maximum absolute atomic E-state index is 14.4. The Bertz CT molecular complexity index is 1710. The molecule has 0 bridgehead atoms. The summed E-state index contributed by atoms with van der Waals surface area (Å²) < 4.78 is 38.3. The van der Waals surface area contributed by atoms with Crippen LogP contribution < -0.4 is 14.4 Å². The molecule has 2 saturated heterocycles. The van der Waals surface area contributed by atoms with E-state index in [0.29, 0.717) is 37.9 Å². The molecule has 4 aliphatic rings. The number of hydrogen-bond acceptors (Lipinski definition) is 10. The highest BCUT2D eigenvalue weighted by molar-refractivity contribution is 5.97. The maximum atomic E-state index is 14.4. The van der Waals surface area contributed by atoms with E-state index in [1.165, 1.54) is 24.5 Å². The zero-order valence-corrected chi connectivity index (χ0v) is 27.9. The number of ether oxygens (including phenoxy) is 4. The first-order valence-electron chi connectivity index (χ1n) is 16.4. The number of aromatic nitrogens is 3. The van der Waals surface area contributed by atoms with Crippen LogP contribution in [0.25, 0.3) is 0 Å². The van der Waals surface area contributed by atoms with E-state index in [9.17, 15) is 14.0 Å². The van der Waals surface area contributed by atoms with Gasteiger partial charge < -0.3 is 28.7 Å². The van der Waals surface area contributed by atoms with Gasteiger partial charge in [-0.15, -0.1) is 0 Å². The monoisotopic (exact) mass is 660 g/mol. The molecule has 254 valence electrons. The fraction of sp³-hybridized carbons (Fsp3) is 0.514. The average molecular weight is 661 g/mol. The molecule has 7 rings (SSSR count). The molecule has 0 unspecified atom stereocenters. The number of anilines is 1. The van der Waals surface area contributed by atoms with Gasteiger partial charge in [-0.25, -0.2) is 19.2 Å². The van der Waals surface area contributed by atoms with Crippen LogP contribution in [0.5, 0.6) is 17.2 Å². The molecule has 2 atom stereocenters. The molecule has 1 spiro atoms. The topological polar surface area (TPSA) is 119 Å². The maximum Gasteiger partial charge on any atom is 0.410 e. The van der Waals surface area contributed by atoms with E-state index in [4.69, 9.17) is 18.9 Å². The minimum absolute atomic E-state index is 0.0492. The van der Waals surface area contributed by atoms with Crippen LogP contribution >= 0.6 is 0 Å². The Balaban J connectivity index is 0.990. The number of pyridine rings is 1. The van der Waals surface area contributed by atoms with Crippen LogP contribution in [0, 0.1) is 11.2 Å². The Morgan fingerprint density at radius 1 is 1.00 bits per heavy atom. The molecular weight excluding hydrogens is 619 g/mol. The van der Waals surface area contributed by atoms with Crippen molar-refractivity contribution in [1.29, 1.82) is 0 Å². The van der Waals surface area contributed by atoms with Gasteiger partial charge in [0, 0.05) is 30.3 Å². The Morgan fingerprint density at radius 2 is 1.75 bits per heavy atom. The number of benzene rings is 1. The first kappa shape index (κ1) is 32.0. The van der Waals surface area contributed by atoms with Crippen LogP contribution in [0.2, 0.25) is 0 Å². The Hall–Kier alpha value is -4.52. The minimum atomic E-state index is -0.572. The number of nitrogens with zero attached hydrogens (tertiary/aromatic N) is 6. The third-order valence-corrected chi connectivity index (χ3v) is 9.36. The highest BCUT2D eigenvalue weighted by atomic mass is 19.1. The second kappa shape index (κ2) is 12.2. The van der Waals surface area contributed by atoms with Gasteiger partial charge in [0.2, 0.25) is 0 Å². The molecule has 13 heteroatoms. The van der Waals surface area contributed by atoms with E-state index in [2.05, 4.69) is 19.9 Å². The zero-order valence-electron chi connectivity index (χ0n) is 27.9. The SMILES string of the molecule is C[C@@H]1COC[C@@H](C)N1C(=O)c1cc(F)ccc1Oc1cncnc1N1CC2(CC(Oc3ccnc4c3CN(C(=O)OC(C)(C)C)C4)C2)C1. The lowest BCUT2D eigenvalue weighted by atomic mass is 9.61. The molecule has 1 saturated carbocycles. The summed E-state index contributed by atoms with van der Waals surface area (Å²) in [6, 6.07) is 5.52. The molecule has 1 aliphatic carbocycles. The molecule has 1 aromatic carbocycles. The molecular formula is C35H41FN6O6. The van der Waals surface area contributed by atoms with Crippen LogP contribution in [0.1, 0.15) is 69.1 Å². The van der Waals surface area contributed by atoms with E-state index in [0.717, 1.165) is 42.9 Å². The number of hydrogen-bond donors (Lipinski definition) is 0. The van der Waals surface area contributed by atoms with Crippen LogP contribution in [0.4, 0.5) is 15.0 Å². The van der Waals surface area contributed by atoms with Crippen molar-refractivity contribution in [3.63, 3.8) is 0 Å². The minimum Gasteiger partial charge on any atom is -0.490 e. The Kier molecular flexibility index (Phi) is 8.13. The van der Waals surface area contributed by atoms with Crippen molar-refractivity contribution in [3.8, 4) is 17.2 Å². The molecule has 3 aliphatic heterocycles. The van der Waals surface area contributed by atoms with E-state index >= 15 is 0 Å². The van der Waals surface area contributed by atoms with Crippen molar-refractivity contribution in [3.05, 3.63) is 65.6 Å². The van der Waals surface area contributed by atoms with Crippen LogP contribution in [-0.2, 0) is 22.6 Å². The molecule has 2 aromatic heterocycles. The molecule has 48 heavy (non-hydrogen) atoms. The normalized spacial score (nSPS) is 21.8. The summed E-state index contributed by atoms with van der Waals surface area (Å²) in [6.07, 6.45) is 6.22. The molecule has 5 heterocycles. The van der Waals surface area contributed by atoms with Crippen molar-refractivity contribution < 1.29 is 32.9 Å². The highest BCUT2D eigenvalue weighted by Crippen LogP contribution is 2.52. The second-order valence-corrected chi connectivity index (χ2v) is 14.5. The van der Waals surface area contributed by atoms with Gasteiger partial charge >= 0.3 is 6.09 Å². The first-order chi connectivity index (χ1) is 22.9. The Morgan fingerprint density at radius 3 is 2.48 bits per heavy atom. The summed E-state index contributed by atoms with van der Waals surface area (Å²) in [5, 5.41) is 0. The van der Waals surface area contributed by atoms with Crippen LogP contribution in [0.3, 0.4) is 0 Å². The lowest BCUT2D eigenvalue weighted by Gasteiger charge is -2.58. The number of fused-ring (bicyclic) bond motifs is 1. The largest absolute Gasteiger partial charge is 0.490 e. The van der Waals surface area contributed by atoms with Gasteiger partial charge in [-0.1, -0.05) is 0 Å². The predicted molar refractivity (Wildman–Crippen MR) is 172 cm³/mol. The van der Waals surface area contributed by atoms with Gasteiger partial charge in [0.05, 0.1) is 55.8 Å². The molecule has 2 amide bonds. The standard InChI is InChI=1S/C35H41FN6O6/c1-21-16-45-17-22(2)42(21)32(43)25-10-23(36)6-7-28(25)47-30-13-37-20-39-31(30)41-18-35(19-41)11-24(12-35)46-29-8-9-38-27-15-40(14-26(27)29)33(44)48-34(3,4)5/h6-10,13,20-22,24H,11-12,14-19H2,1-5H3/t21-,22-/m1/s1. The average Bonchev–Trinajstić information content (AvgIpc) is 3.44. The number of carbonyl (C=O) groups is 2. The number of morpholine rings is 1. The van der Waals surface area contributed by atoms with Gasteiger partial charge in [-0.2, -0.15) is 0 Å². The Labute approximate surface area is 279 Å². The predicted octanol–water partition coefficient (Wildman–Crippen LogP) is 5.35. The van der Waals surface area contributed by atoms with Crippen LogP contribution in [0.15, 0.2) is 43.0 Å². The third-order valence-electron chi connectivity index (χ3n) is 9.36. The van der Waals surface area contributed by atoms with Gasteiger partial charge in [-0.3, -0.25) is 14.7 Å². The van der Waals surface area contributed by atoms with E-state index in [1.807, 2.05) is 40.7 Å². The fourth-order valence-electron chi connectivity index (χ4n) is 7.20. The number of carbonyl (C=O) groups excluding carboxylic acids is 2. The first-order valence-corrected chi connectivity index (χ1v) is 16.4. The van der Waals surface area contributed by atoms with Gasteiger partial charge in [0.15, 0.2) is 11.6 Å². The number of rotatable bonds is 6. The summed E-state index contributed by atoms with van der Waals surface area (Å²) in [5.74, 6) is 1.18. The van der Waals surface area contributed by atoms with Crippen LogP contribution in [-0.4, -0.2) is 86.8 Å². The van der Waals surface area contributed by atoms with Gasteiger partial charge in [0.25, 0.3) is 5.91 Å². The van der Waals surface area contributed by atoms with Gasteiger partial charge in [-0.05, 0) is 71.7 Å². The molecule has 3 aromatic rings. The summed E-state index contributed by atoms with van der Waals surface area (Å²) in [5.41, 5.74) is 1.42. The van der Waals surface area contributed by atoms with Crippen molar-refractivity contribution in [2.75, 3.05) is 31.2 Å². The second-order valence-electron chi connectivity index (χ2n) is 14.5. The molecule has 0 N–H and O–H groups in total. The number of halogens is 1. The smallest absolute Gasteiger partial charge is 0.410 e. The summed E-state index contributed by atoms with van der Waals surface area (Å²) >= 11 is 0. The van der Waals surface area contributed by atoms with Crippen molar-refractivity contribution in [2.45, 2.75) is 84.3 Å². The lowest BCUT2D eigenvalue weighted by Crippen LogP contribution is -2.65. The van der Waals surface area contributed by atoms with E-state index in [-0.39, 0.29) is 46.9 Å². The fourth-order valence-corrected chi connectivity index (χ4v) is 7.20. The van der Waals surface area contributed by atoms with Crippen molar-refractivity contribution >= 4 is 17.8 Å². The molecule has 12 nitrogen and oxygen atoms in total. The molecule has 0 radical (unpaired) electrons. The summed E-state index contributed by atoms with van der Waals surface area (Å²) in [6.45, 7) is 12.5. The van der Waals surface area contributed by atoms with Crippen molar-refractivity contribution in [1.82, 2.24) is 24.8 Å². The summed E-state index contributed by atoms with van der Waals surface area (Å²) in [7, 11) is 0. The van der Waals surface area contributed by atoms with Crippen molar-refractivity contribution in [2.24, 2.45) is 5.41 Å². The van der Waals surface area contributed by atoms with E-state index in [1.54, 1.807) is 22.2 Å². The van der Waals surface area contributed by atoms with Gasteiger partial charge in [0.1, 0.15) is 35.3 Å².